The molecule has 106 valence electrons. The molecule has 0 aliphatic carbocycles. The SMILES string of the molecule is CCCNc1ncc(F)c(N(C)Cc2cccnc2)n1. The van der Waals surface area contributed by atoms with E-state index in [1.165, 1.54) is 6.20 Å². The van der Waals surface area contributed by atoms with E-state index in [4.69, 9.17) is 0 Å². The Morgan fingerprint density at radius 3 is 2.90 bits per heavy atom. The molecule has 0 aliphatic heterocycles. The molecule has 0 saturated carbocycles. The molecule has 0 fully saturated rings. The van der Waals surface area contributed by atoms with Gasteiger partial charge in [0.15, 0.2) is 11.6 Å². The maximum Gasteiger partial charge on any atom is 0.224 e. The third-order valence-electron chi connectivity index (χ3n) is 2.76. The van der Waals surface area contributed by atoms with Crippen molar-refractivity contribution in [2.75, 3.05) is 23.8 Å². The molecule has 1 N–H and O–H groups in total. The Labute approximate surface area is 117 Å². The highest BCUT2D eigenvalue weighted by Crippen LogP contribution is 2.17. The molecule has 2 heterocycles. The van der Waals surface area contributed by atoms with Gasteiger partial charge in [0.25, 0.3) is 0 Å². The van der Waals surface area contributed by atoms with Crippen molar-refractivity contribution in [1.82, 2.24) is 15.0 Å². The Balaban J connectivity index is 2.13. The molecule has 0 aromatic carbocycles. The average Bonchev–Trinajstić information content (AvgIpc) is 2.47. The number of hydrogen-bond acceptors (Lipinski definition) is 5. The molecule has 0 spiro atoms. The minimum Gasteiger partial charge on any atom is -0.354 e. The number of anilines is 2. The van der Waals surface area contributed by atoms with Gasteiger partial charge in [0, 0.05) is 32.5 Å². The van der Waals surface area contributed by atoms with Gasteiger partial charge >= 0.3 is 0 Å². The number of hydrogen-bond donors (Lipinski definition) is 1. The molecule has 6 heteroatoms. The van der Waals surface area contributed by atoms with Crippen molar-refractivity contribution in [3.8, 4) is 0 Å². The predicted octanol–water partition coefficient (Wildman–Crippen LogP) is 2.47. The summed E-state index contributed by atoms with van der Waals surface area (Å²) < 4.78 is 13.8. The van der Waals surface area contributed by atoms with Crippen LogP contribution >= 0.6 is 0 Å². The van der Waals surface area contributed by atoms with Crippen molar-refractivity contribution < 1.29 is 4.39 Å². The van der Waals surface area contributed by atoms with Crippen molar-refractivity contribution in [3.63, 3.8) is 0 Å². The summed E-state index contributed by atoms with van der Waals surface area (Å²) in [5.74, 6) is 0.294. The van der Waals surface area contributed by atoms with Gasteiger partial charge in [-0.25, -0.2) is 9.37 Å². The molecule has 0 bridgehead atoms. The van der Waals surface area contributed by atoms with Crippen LogP contribution in [0.3, 0.4) is 0 Å². The van der Waals surface area contributed by atoms with Crippen LogP contribution in [0.1, 0.15) is 18.9 Å². The smallest absolute Gasteiger partial charge is 0.224 e. The van der Waals surface area contributed by atoms with E-state index in [0.29, 0.717) is 12.5 Å². The molecule has 0 aliphatic rings. The molecule has 2 aromatic rings. The Kier molecular flexibility index (Phi) is 4.81. The lowest BCUT2D eigenvalue weighted by atomic mass is 10.3. The Bertz CT molecular complexity index is 547. The number of nitrogens with zero attached hydrogens (tertiary/aromatic N) is 4. The minimum atomic E-state index is -0.432. The van der Waals surface area contributed by atoms with Gasteiger partial charge in [0.2, 0.25) is 5.95 Å². The van der Waals surface area contributed by atoms with Crippen LogP contribution in [0, 0.1) is 5.82 Å². The van der Waals surface area contributed by atoms with Gasteiger partial charge in [-0.3, -0.25) is 4.98 Å². The van der Waals surface area contributed by atoms with Crippen LogP contribution < -0.4 is 10.2 Å². The van der Waals surface area contributed by atoms with Gasteiger partial charge in [0.1, 0.15) is 0 Å². The van der Waals surface area contributed by atoms with E-state index in [9.17, 15) is 4.39 Å². The van der Waals surface area contributed by atoms with Crippen LogP contribution in [0.2, 0.25) is 0 Å². The first-order valence-electron chi connectivity index (χ1n) is 6.57. The number of rotatable bonds is 6. The molecule has 0 atom stereocenters. The second-order valence-electron chi connectivity index (χ2n) is 4.51. The predicted molar refractivity (Wildman–Crippen MR) is 77.1 cm³/mol. The molecular formula is C14H18FN5. The summed E-state index contributed by atoms with van der Waals surface area (Å²) in [4.78, 5) is 13.9. The number of nitrogens with one attached hydrogen (secondary N) is 1. The zero-order valence-electron chi connectivity index (χ0n) is 11.7. The molecule has 20 heavy (non-hydrogen) atoms. The van der Waals surface area contributed by atoms with Crippen molar-refractivity contribution in [1.29, 1.82) is 0 Å². The van der Waals surface area contributed by atoms with Crippen molar-refractivity contribution in [2.24, 2.45) is 0 Å². The Morgan fingerprint density at radius 2 is 2.20 bits per heavy atom. The van der Waals surface area contributed by atoms with Gasteiger partial charge in [-0.1, -0.05) is 13.0 Å². The first kappa shape index (κ1) is 14.2. The molecule has 0 amide bonds. The van der Waals surface area contributed by atoms with Crippen LogP contribution in [-0.4, -0.2) is 28.5 Å². The normalized spacial score (nSPS) is 10.3. The van der Waals surface area contributed by atoms with E-state index in [2.05, 4.69) is 20.3 Å². The van der Waals surface area contributed by atoms with Crippen LogP contribution in [0.4, 0.5) is 16.2 Å². The summed E-state index contributed by atoms with van der Waals surface area (Å²) in [6, 6.07) is 3.80. The molecular weight excluding hydrogens is 257 g/mol. The van der Waals surface area contributed by atoms with Crippen LogP contribution in [-0.2, 0) is 6.54 Å². The Morgan fingerprint density at radius 1 is 1.35 bits per heavy atom. The second-order valence-corrected chi connectivity index (χ2v) is 4.51. The molecule has 5 nitrogen and oxygen atoms in total. The van der Waals surface area contributed by atoms with E-state index < -0.39 is 5.82 Å². The van der Waals surface area contributed by atoms with Gasteiger partial charge in [-0.15, -0.1) is 0 Å². The summed E-state index contributed by atoms with van der Waals surface area (Å²) in [6.07, 6.45) is 5.62. The molecule has 0 unspecified atom stereocenters. The summed E-state index contributed by atoms with van der Waals surface area (Å²) >= 11 is 0. The van der Waals surface area contributed by atoms with E-state index in [0.717, 1.165) is 18.5 Å². The fourth-order valence-electron chi connectivity index (χ4n) is 1.79. The van der Waals surface area contributed by atoms with Crippen molar-refractivity contribution in [2.45, 2.75) is 19.9 Å². The first-order chi connectivity index (χ1) is 9.70. The fourth-order valence-corrected chi connectivity index (χ4v) is 1.79. The highest BCUT2D eigenvalue weighted by molar-refractivity contribution is 5.43. The molecule has 0 radical (unpaired) electrons. The summed E-state index contributed by atoms with van der Waals surface area (Å²) in [7, 11) is 1.79. The first-order valence-corrected chi connectivity index (χ1v) is 6.57. The van der Waals surface area contributed by atoms with Gasteiger partial charge < -0.3 is 10.2 Å². The van der Waals surface area contributed by atoms with Gasteiger partial charge in [-0.05, 0) is 18.1 Å². The Hall–Kier alpha value is -2.24. The lowest BCUT2D eigenvalue weighted by molar-refractivity contribution is 0.607. The van der Waals surface area contributed by atoms with E-state index in [1.54, 1.807) is 24.3 Å². The lowest BCUT2D eigenvalue weighted by Crippen LogP contribution is -2.20. The number of aromatic nitrogens is 3. The highest BCUT2D eigenvalue weighted by atomic mass is 19.1. The molecule has 2 rings (SSSR count). The maximum absolute atomic E-state index is 13.8. The summed E-state index contributed by atoms with van der Waals surface area (Å²) in [5, 5.41) is 3.05. The zero-order valence-corrected chi connectivity index (χ0v) is 11.7. The topological polar surface area (TPSA) is 53.9 Å². The van der Waals surface area contributed by atoms with E-state index >= 15 is 0 Å². The van der Waals surface area contributed by atoms with Crippen molar-refractivity contribution >= 4 is 11.8 Å². The number of pyridine rings is 1. The lowest BCUT2D eigenvalue weighted by Gasteiger charge is -2.19. The summed E-state index contributed by atoms with van der Waals surface area (Å²) in [6.45, 7) is 3.35. The second kappa shape index (κ2) is 6.79. The molecule has 2 aromatic heterocycles. The van der Waals surface area contributed by atoms with Crippen LogP contribution in [0.15, 0.2) is 30.7 Å². The third kappa shape index (κ3) is 3.63. The maximum atomic E-state index is 13.8. The zero-order chi connectivity index (χ0) is 14.4. The summed E-state index contributed by atoms with van der Waals surface area (Å²) in [5.41, 5.74) is 0.996. The number of halogens is 1. The highest BCUT2D eigenvalue weighted by Gasteiger charge is 2.12. The molecule has 0 saturated heterocycles. The van der Waals surface area contributed by atoms with Crippen LogP contribution in [0.5, 0.6) is 0 Å². The minimum absolute atomic E-state index is 0.280. The standard InChI is InChI=1S/C14H18FN5/c1-3-6-17-14-18-9-12(15)13(19-14)20(2)10-11-5-4-7-16-8-11/h4-5,7-9H,3,6,10H2,1-2H3,(H,17,18,19). The monoisotopic (exact) mass is 275 g/mol. The van der Waals surface area contributed by atoms with E-state index in [-0.39, 0.29) is 5.82 Å². The van der Waals surface area contributed by atoms with E-state index in [1.807, 2.05) is 19.1 Å². The average molecular weight is 275 g/mol. The van der Waals surface area contributed by atoms with Gasteiger partial charge in [0.05, 0.1) is 6.20 Å². The fraction of sp³-hybridized carbons (Fsp3) is 0.357. The largest absolute Gasteiger partial charge is 0.354 e. The van der Waals surface area contributed by atoms with Crippen LogP contribution in [0.25, 0.3) is 0 Å². The quantitative estimate of drug-likeness (QED) is 0.877. The van der Waals surface area contributed by atoms with Crippen molar-refractivity contribution in [3.05, 3.63) is 42.1 Å². The third-order valence-corrected chi connectivity index (χ3v) is 2.76. The van der Waals surface area contributed by atoms with Gasteiger partial charge in [-0.2, -0.15) is 4.98 Å².